The van der Waals surface area contributed by atoms with Gasteiger partial charge in [0.1, 0.15) is 5.75 Å². The molecule has 0 saturated heterocycles. The summed E-state index contributed by atoms with van der Waals surface area (Å²) in [6.07, 6.45) is 0. The first-order valence-corrected chi connectivity index (χ1v) is 5.91. The Labute approximate surface area is 112 Å². The molecule has 4 heteroatoms. The number of carbonyl (C=O) groups excluding carboxylic acids is 1. The molecule has 0 heterocycles. The zero-order valence-corrected chi connectivity index (χ0v) is 10.9. The van der Waals surface area contributed by atoms with Gasteiger partial charge in [-0.3, -0.25) is 4.79 Å². The number of methoxy groups -OCH3 is 1. The minimum absolute atomic E-state index is 0.180. The summed E-state index contributed by atoms with van der Waals surface area (Å²) in [5.74, 6) is 0.583. The molecule has 98 valence electrons. The van der Waals surface area contributed by atoms with Crippen LogP contribution in [0.25, 0.3) is 0 Å². The highest BCUT2D eigenvalue weighted by Gasteiger charge is 2.08. The van der Waals surface area contributed by atoms with E-state index in [1.54, 1.807) is 31.4 Å². The van der Waals surface area contributed by atoms with E-state index in [0.717, 1.165) is 17.0 Å². The number of nitrogen functional groups attached to an aromatic ring is 1. The van der Waals surface area contributed by atoms with Crippen molar-refractivity contribution < 1.29 is 9.53 Å². The second-order valence-corrected chi connectivity index (χ2v) is 4.26. The first-order valence-electron chi connectivity index (χ1n) is 5.91. The van der Waals surface area contributed by atoms with Gasteiger partial charge in [-0.15, -0.1) is 0 Å². The van der Waals surface area contributed by atoms with Crippen molar-refractivity contribution in [3.05, 3.63) is 53.6 Å². The number of nitrogens with two attached hydrogens (primary N) is 1. The molecule has 1 amide bonds. The summed E-state index contributed by atoms with van der Waals surface area (Å²) in [6, 6.07) is 12.4. The van der Waals surface area contributed by atoms with E-state index in [2.05, 4.69) is 5.32 Å². The molecule has 0 spiro atoms. The SMILES string of the molecule is COc1ccc(NC(=O)c2cccc(N)c2)c(C)c1. The van der Waals surface area contributed by atoms with Gasteiger partial charge in [-0.2, -0.15) is 0 Å². The molecule has 2 aromatic carbocycles. The first kappa shape index (κ1) is 13.0. The number of benzene rings is 2. The average molecular weight is 256 g/mol. The lowest BCUT2D eigenvalue weighted by atomic mass is 10.1. The Kier molecular flexibility index (Phi) is 3.71. The van der Waals surface area contributed by atoms with Crippen molar-refractivity contribution in [3.63, 3.8) is 0 Å². The quantitative estimate of drug-likeness (QED) is 0.830. The van der Waals surface area contributed by atoms with Crippen LogP contribution in [0.2, 0.25) is 0 Å². The minimum atomic E-state index is -0.180. The zero-order valence-electron chi connectivity index (χ0n) is 10.9. The third kappa shape index (κ3) is 3.04. The molecule has 19 heavy (non-hydrogen) atoms. The molecule has 0 radical (unpaired) electrons. The second-order valence-electron chi connectivity index (χ2n) is 4.26. The van der Waals surface area contributed by atoms with E-state index in [9.17, 15) is 4.79 Å². The van der Waals surface area contributed by atoms with Gasteiger partial charge in [-0.1, -0.05) is 6.07 Å². The van der Waals surface area contributed by atoms with E-state index < -0.39 is 0 Å². The van der Waals surface area contributed by atoms with Crippen LogP contribution in [0.4, 0.5) is 11.4 Å². The van der Waals surface area contributed by atoms with Crippen LogP contribution < -0.4 is 15.8 Å². The number of ether oxygens (including phenoxy) is 1. The van der Waals surface area contributed by atoms with E-state index in [-0.39, 0.29) is 5.91 Å². The van der Waals surface area contributed by atoms with Crippen LogP contribution in [0.5, 0.6) is 5.75 Å². The van der Waals surface area contributed by atoms with Crippen molar-refractivity contribution in [1.29, 1.82) is 0 Å². The summed E-state index contributed by atoms with van der Waals surface area (Å²) in [5.41, 5.74) is 8.47. The predicted molar refractivity (Wildman–Crippen MR) is 76.5 cm³/mol. The van der Waals surface area contributed by atoms with E-state index in [4.69, 9.17) is 10.5 Å². The smallest absolute Gasteiger partial charge is 0.255 e. The van der Waals surface area contributed by atoms with Gasteiger partial charge in [-0.05, 0) is 48.9 Å². The van der Waals surface area contributed by atoms with Crippen LogP contribution >= 0.6 is 0 Å². The number of nitrogens with one attached hydrogen (secondary N) is 1. The van der Waals surface area contributed by atoms with Crippen molar-refractivity contribution in [3.8, 4) is 5.75 Å². The van der Waals surface area contributed by atoms with Crippen LogP contribution in [0.3, 0.4) is 0 Å². The fraction of sp³-hybridized carbons (Fsp3) is 0.133. The van der Waals surface area contributed by atoms with Gasteiger partial charge in [0.25, 0.3) is 5.91 Å². The van der Waals surface area contributed by atoms with Crippen LogP contribution in [0.15, 0.2) is 42.5 Å². The Morgan fingerprint density at radius 2 is 2.00 bits per heavy atom. The molecule has 2 rings (SSSR count). The molecule has 0 aliphatic carbocycles. The summed E-state index contributed by atoms with van der Waals surface area (Å²) in [7, 11) is 1.61. The van der Waals surface area contributed by atoms with Crippen molar-refractivity contribution >= 4 is 17.3 Å². The van der Waals surface area contributed by atoms with E-state index >= 15 is 0 Å². The first-order chi connectivity index (χ1) is 9.10. The second kappa shape index (κ2) is 5.44. The topological polar surface area (TPSA) is 64.3 Å². The van der Waals surface area contributed by atoms with Crippen LogP contribution in [0, 0.1) is 6.92 Å². The van der Waals surface area contributed by atoms with Crippen LogP contribution in [-0.2, 0) is 0 Å². The molecular formula is C15H16N2O2. The Morgan fingerprint density at radius 3 is 2.63 bits per heavy atom. The molecule has 0 aliphatic heterocycles. The maximum atomic E-state index is 12.1. The number of aryl methyl sites for hydroxylation is 1. The van der Waals surface area contributed by atoms with E-state index in [1.165, 1.54) is 0 Å². The van der Waals surface area contributed by atoms with Crippen LogP contribution in [0.1, 0.15) is 15.9 Å². The molecule has 4 nitrogen and oxygen atoms in total. The Morgan fingerprint density at radius 1 is 1.21 bits per heavy atom. The molecule has 0 atom stereocenters. The minimum Gasteiger partial charge on any atom is -0.497 e. The highest BCUT2D eigenvalue weighted by atomic mass is 16.5. The van der Waals surface area contributed by atoms with Gasteiger partial charge in [0.2, 0.25) is 0 Å². The normalized spacial score (nSPS) is 10.0. The maximum absolute atomic E-state index is 12.1. The van der Waals surface area contributed by atoms with Gasteiger partial charge < -0.3 is 15.8 Å². The highest BCUT2D eigenvalue weighted by molar-refractivity contribution is 6.05. The lowest BCUT2D eigenvalue weighted by molar-refractivity contribution is 0.102. The third-order valence-corrected chi connectivity index (χ3v) is 2.83. The van der Waals surface area contributed by atoms with E-state index in [0.29, 0.717) is 11.3 Å². The highest BCUT2D eigenvalue weighted by Crippen LogP contribution is 2.21. The fourth-order valence-electron chi connectivity index (χ4n) is 1.78. The Bertz CT molecular complexity index is 609. The summed E-state index contributed by atoms with van der Waals surface area (Å²) in [4.78, 5) is 12.1. The van der Waals surface area contributed by atoms with E-state index in [1.807, 2.05) is 25.1 Å². The number of anilines is 2. The summed E-state index contributed by atoms with van der Waals surface area (Å²) >= 11 is 0. The monoisotopic (exact) mass is 256 g/mol. The molecule has 0 fully saturated rings. The largest absolute Gasteiger partial charge is 0.497 e. The molecule has 0 aliphatic rings. The van der Waals surface area contributed by atoms with Crippen molar-refractivity contribution in [1.82, 2.24) is 0 Å². The van der Waals surface area contributed by atoms with Gasteiger partial charge >= 0.3 is 0 Å². The lowest BCUT2D eigenvalue weighted by Gasteiger charge is -2.10. The molecule has 0 aromatic heterocycles. The van der Waals surface area contributed by atoms with Crippen molar-refractivity contribution in [2.45, 2.75) is 6.92 Å². The molecule has 0 saturated carbocycles. The van der Waals surface area contributed by atoms with Crippen molar-refractivity contribution in [2.75, 3.05) is 18.2 Å². The summed E-state index contributed by atoms with van der Waals surface area (Å²) in [5, 5.41) is 2.85. The maximum Gasteiger partial charge on any atom is 0.255 e. The molecule has 0 unspecified atom stereocenters. The predicted octanol–water partition coefficient (Wildman–Crippen LogP) is 2.84. The van der Waals surface area contributed by atoms with Crippen molar-refractivity contribution in [2.24, 2.45) is 0 Å². The summed E-state index contributed by atoms with van der Waals surface area (Å²) < 4.78 is 5.13. The average Bonchev–Trinajstić information content (AvgIpc) is 2.41. The number of amides is 1. The summed E-state index contributed by atoms with van der Waals surface area (Å²) in [6.45, 7) is 1.91. The van der Waals surface area contributed by atoms with Crippen LogP contribution in [-0.4, -0.2) is 13.0 Å². The molecule has 3 N–H and O–H groups in total. The lowest BCUT2D eigenvalue weighted by Crippen LogP contribution is -2.13. The standard InChI is InChI=1S/C15H16N2O2/c1-10-8-13(19-2)6-7-14(10)17-15(18)11-4-3-5-12(16)9-11/h3-9H,16H2,1-2H3,(H,17,18). The number of carbonyl (C=O) groups is 1. The van der Waals surface area contributed by atoms with Gasteiger partial charge in [-0.25, -0.2) is 0 Å². The number of hydrogen-bond acceptors (Lipinski definition) is 3. The van der Waals surface area contributed by atoms with Gasteiger partial charge in [0.15, 0.2) is 0 Å². The third-order valence-electron chi connectivity index (χ3n) is 2.83. The number of hydrogen-bond donors (Lipinski definition) is 2. The van der Waals surface area contributed by atoms with Gasteiger partial charge in [0, 0.05) is 16.9 Å². The molecule has 0 bridgehead atoms. The van der Waals surface area contributed by atoms with Gasteiger partial charge in [0.05, 0.1) is 7.11 Å². The Hall–Kier alpha value is -2.49. The molecular weight excluding hydrogens is 240 g/mol. The fourth-order valence-corrected chi connectivity index (χ4v) is 1.78. The number of rotatable bonds is 3. The zero-order chi connectivity index (χ0) is 13.8. The molecule has 2 aromatic rings. The Balaban J connectivity index is 2.19.